The van der Waals surface area contributed by atoms with Crippen LogP contribution >= 0.6 is 0 Å². The Balaban J connectivity index is 2.38. The number of rotatable bonds is 4. The van der Waals surface area contributed by atoms with Gasteiger partial charge in [-0.1, -0.05) is 6.92 Å². The van der Waals surface area contributed by atoms with Gasteiger partial charge in [-0.05, 0) is 13.3 Å². The van der Waals surface area contributed by atoms with Crippen LogP contribution in [0.1, 0.15) is 32.7 Å². The summed E-state index contributed by atoms with van der Waals surface area (Å²) >= 11 is 0. The van der Waals surface area contributed by atoms with E-state index in [9.17, 15) is 33.2 Å². The van der Waals surface area contributed by atoms with Gasteiger partial charge in [0.25, 0.3) is 11.6 Å². The van der Waals surface area contributed by atoms with Gasteiger partial charge < -0.3 is 5.11 Å². The lowest BCUT2D eigenvalue weighted by Gasteiger charge is -2.34. The van der Waals surface area contributed by atoms with Gasteiger partial charge in [-0.2, -0.15) is 28.4 Å². The number of hydrogen-bond acceptors (Lipinski definition) is 6. The second-order valence-electron chi connectivity index (χ2n) is 5.34. The first-order valence-electron chi connectivity index (χ1n) is 6.87. The van der Waals surface area contributed by atoms with Gasteiger partial charge in [-0.15, -0.1) is 0 Å². The molecule has 2 atom stereocenters. The zero-order valence-electron chi connectivity index (χ0n) is 12.7. The van der Waals surface area contributed by atoms with E-state index in [4.69, 9.17) is 0 Å². The maximum Gasteiger partial charge on any atom is 0.438 e. The maximum atomic E-state index is 13.2. The molecule has 0 aromatic carbocycles. The van der Waals surface area contributed by atoms with Gasteiger partial charge >= 0.3 is 11.9 Å². The van der Waals surface area contributed by atoms with E-state index in [0.29, 0.717) is 0 Å². The van der Waals surface area contributed by atoms with Gasteiger partial charge in [0, 0.05) is 12.1 Å². The Kier molecular flexibility index (Phi) is 4.35. The van der Waals surface area contributed by atoms with Crippen molar-refractivity contribution < 1.29 is 28.0 Å². The summed E-state index contributed by atoms with van der Waals surface area (Å²) in [6.07, 6.45) is -4.16. The van der Waals surface area contributed by atoms with Crippen LogP contribution in [0.15, 0.2) is 17.5 Å². The average molecular weight is 349 g/mol. The molecule has 0 saturated heterocycles. The van der Waals surface area contributed by atoms with Crippen molar-refractivity contribution in [2.45, 2.75) is 44.6 Å². The minimum atomic E-state index is -5.11. The molecule has 0 unspecified atom stereocenters. The Bertz CT molecular complexity index is 701. The van der Waals surface area contributed by atoms with Crippen molar-refractivity contribution in [2.24, 2.45) is 5.10 Å². The third-order valence-electron chi connectivity index (χ3n) is 3.58. The Morgan fingerprint density at radius 1 is 1.58 bits per heavy atom. The molecule has 0 aliphatic carbocycles. The lowest BCUT2D eigenvalue weighted by atomic mass is 10.1. The van der Waals surface area contributed by atoms with E-state index in [1.54, 1.807) is 0 Å². The van der Waals surface area contributed by atoms with Crippen molar-refractivity contribution in [1.29, 1.82) is 0 Å². The first kappa shape index (κ1) is 17.8. The third kappa shape index (κ3) is 2.84. The van der Waals surface area contributed by atoms with Crippen LogP contribution < -0.4 is 0 Å². The predicted molar refractivity (Wildman–Crippen MR) is 73.8 cm³/mol. The number of carbonyl (C=O) groups excluding carboxylic acids is 1. The highest BCUT2D eigenvalue weighted by Gasteiger charge is 2.63. The zero-order valence-corrected chi connectivity index (χ0v) is 12.7. The van der Waals surface area contributed by atoms with E-state index in [0.717, 1.165) is 17.1 Å². The molecular weight excluding hydrogens is 335 g/mol. The monoisotopic (exact) mass is 349 g/mol. The molecule has 24 heavy (non-hydrogen) atoms. The lowest BCUT2D eigenvalue weighted by molar-refractivity contribution is -0.385. The standard InChI is InChI=1S/C12H14F3N5O4/c1-3-9(18-6-8(5-16-18)20(23)24)10(21)19-11(22,12(13,14)15)4-7(2)17-19/h5-6,9,22H,3-4H2,1-2H3/t9-,11+/m0/s1. The number of alkyl halides is 3. The fourth-order valence-corrected chi connectivity index (χ4v) is 2.38. The van der Waals surface area contributed by atoms with Crippen LogP contribution in [0, 0.1) is 10.1 Å². The molecule has 12 heteroatoms. The number of amides is 1. The van der Waals surface area contributed by atoms with Crippen molar-refractivity contribution >= 4 is 17.3 Å². The molecule has 1 aliphatic heterocycles. The second kappa shape index (κ2) is 5.85. The minimum Gasteiger partial charge on any atom is -0.362 e. The summed E-state index contributed by atoms with van der Waals surface area (Å²) in [7, 11) is 0. The molecule has 0 fully saturated rings. The lowest BCUT2D eigenvalue weighted by Crippen LogP contribution is -2.57. The van der Waals surface area contributed by atoms with Crippen LogP contribution in [0.2, 0.25) is 0 Å². The van der Waals surface area contributed by atoms with E-state index < -0.39 is 40.9 Å². The molecule has 0 saturated carbocycles. The van der Waals surface area contributed by atoms with Gasteiger partial charge in [0.2, 0.25) is 0 Å². The first-order valence-corrected chi connectivity index (χ1v) is 6.87. The molecule has 1 aliphatic rings. The number of hydrogen-bond donors (Lipinski definition) is 1. The van der Waals surface area contributed by atoms with Gasteiger partial charge in [0.1, 0.15) is 18.4 Å². The number of nitrogens with zero attached hydrogens (tertiary/aromatic N) is 5. The number of aromatic nitrogens is 2. The predicted octanol–water partition coefficient (Wildman–Crippen LogP) is 1.60. The maximum absolute atomic E-state index is 13.2. The Morgan fingerprint density at radius 2 is 2.21 bits per heavy atom. The van der Waals surface area contributed by atoms with E-state index in [-0.39, 0.29) is 17.1 Å². The molecule has 1 N–H and O–H groups in total. The van der Waals surface area contributed by atoms with Crippen LogP contribution in [0.4, 0.5) is 18.9 Å². The van der Waals surface area contributed by atoms with Gasteiger partial charge in [-0.3, -0.25) is 19.6 Å². The third-order valence-corrected chi connectivity index (χ3v) is 3.58. The fraction of sp³-hybridized carbons (Fsp3) is 0.583. The molecule has 2 rings (SSSR count). The summed E-state index contributed by atoms with van der Waals surface area (Å²) in [6.45, 7) is 2.75. The molecule has 2 heterocycles. The smallest absolute Gasteiger partial charge is 0.362 e. The van der Waals surface area contributed by atoms with Crippen LogP contribution in [-0.4, -0.2) is 48.3 Å². The number of nitro groups is 1. The Hall–Kier alpha value is -2.50. The average Bonchev–Trinajstić information content (AvgIpc) is 3.04. The normalized spacial score (nSPS) is 22.4. The number of carbonyl (C=O) groups is 1. The molecule has 9 nitrogen and oxygen atoms in total. The summed E-state index contributed by atoms with van der Waals surface area (Å²) in [6, 6.07) is -1.28. The largest absolute Gasteiger partial charge is 0.438 e. The molecule has 132 valence electrons. The number of hydrazone groups is 1. The topological polar surface area (TPSA) is 114 Å². The molecule has 0 radical (unpaired) electrons. The molecule has 1 amide bonds. The summed E-state index contributed by atoms with van der Waals surface area (Å²) < 4.78 is 40.4. The van der Waals surface area contributed by atoms with Crippen LogP contribution in [0.3, 0.4) is 0 Å². The fourth-order valence-electron chi connectivity index (χ4n) is 2.38. The molecule has 0 bridgehead atoms. The summed E-state index contributed by atoms with van der Waals surface area (Å²) in [4.78, 5) is 22.4. The zero-order chi connectivity index (χ0) is 18.3. The summed E-state index contributed by atoms with van der Waals surface area (Å²) in [5, 5.41) is 27.8. The molecule has 1 aromatic rings. The van der Waals surface area contributed by atoms with E-state index in [1.807, 2.05) is 0 Å². The SMILES string of the molecule is CC[C@@H](C(=O)N1N=C(C)C[C@@]1(O)C(F)(F)F)n1cc([N+](=O)[O-])cn1. The highest BCUT2D eigenvalue weighted by Crippen LogP contribution is 2.41. The van der Waals surface area contributed by atoms with E-state index in [1.165, 1.54) is 13.8 Å². The van der Waals surface area contributed by atoms with Gasteiger partial charge in [0.15, 0.2) is 0 Å². The van der Waals surface area contributed by atoms with Crippen LogP contribution in [-0.2, 0) is 4.79 Å². The molecule has 0 spiro atoms. The molecule has 1 aromatic heterocycles. The van der Waals surface area contributed by atoms with Crippen molar-refractivity contribution in [3.63, 3.8) is 0 Å². The van der Waals surface area contributed by atoms with Gasteiger partial charge in [-0.25, -0.2) is 0 Å². The first-order chi connectivity index (χ1) is 11.0. The van der Waals surface area contributed by atoms with Crippen molar-refractivity contribution in [1.82, 2.24) is 14.8 Å². The molecular formula is C12H14F3N5O4. The second-order valence-corrected chi connectivity index (χ2v) is 5.34. The van der Waals surface area contributed by atoms with E-state index >= 15 is 0 Å². The highest BCUT2D eigenvalue weighted by atomic mass is 19.4. The van der Waals surface area contributed by atoms with Crippen molar-refractivity contribution in [3.05, 3.63) is 22.5 Å². The van der Waals surface area contributed by atoms with Crippen LogP contribution in [0.5, 0.6) is 0 Å². The summed E-state index contributed by atoms with van der Waals surface area (Å²) in [5.74, 6) is -1.16. The van der Waals surface area contributed by atoms with Crippen LogP contribution in [0.25, 0.3) is 0 Å². The van der Waals surface area contributed by atoms with Gasteiger partial charge in [0.05, 0.1) is 4.92 Å². The summed E-state index contributed by atoms with van der Waals surface area (Å²) in [5.41, 5.74) is -3.92. The highest BCUT2D eigenvalue weighted by molar-refractivity contribution is 5.90. The Labute approximate surface area is 133 Å². The Morgan fingerprint density at radius 3 is 2.67 bits per heavy atom. The van der Waals surface area contributed by atoms with Crippen molar-refractivity contribution in [3.8, 4) is 0 Å². The number of aliphatic hydroxyl groups is 1. The number of halogens is 3. The van der Waals surface area contributed by atoms with E-state index in [2.05, 4.69) is 10.2 Å². The minimum absolute atomic E-state index is 0.00330. The van der Waals surface area contributed by atoms with Crippen molar-refractivity contribution in [2.75, 3.05) is 0 Å². The quantitative estimate of drug-likeness (QED) is 0.655.